The van der Waals surface area contributed by atoms with Crippen molar-refractivity contribution >= 4 is 5.91 Å². The van der Waals surface area contributed by atoms with Crippen LogP contribution in [0.15, 0.2) is 0 Å². The molecular weight excluding hydrogens is 240 g/mol. The number of carbonyl (C=O) groups is 1. The average Bonchev–Trinajstić information content (AvgIpc) is 2.98. The number of ether oxygens (including phenoxy) is 1. The first kappa shape index (κ1) is 13.4. The van der Waals surface area contributed by atoms with E-state index in [9.17, 15) is 4.79 Å². The molecule has 0 spiro atoms. The van der Waals surface area contributed by atoms with Crippen molar-refractivity contribution in [2.75, 3.05) is 39.4 Å². The molecule has 3 aliphatic rings. The summed E-state index contributed by atoms with van der Waals surface area (Å²) in [6.07, 6.45) is 5.66. The summed E-state index contributed by atoms with van der Waals surface area (Å²) in [6, 6.07) is 0. The van der Waals surface area contributed by atoms with Gasteiger partial charge in [0.15, 0.2) is 0 Å². The van der Waals surface area contributed by atoms with Crippen LogP contribution in [0.5, 0.6) is 0 Å². The third-order valence-corrected chi connectivity index (χ3v) is 5.16. The minimum absolute atomic E-state index is 0.237. The van der Waals surface area contributed by atoms with Gasteiger partial charge in [-0.25, -0.2) is 0 Å². The molecule has 0 bridgehead atoms. The van der Waals surface area contributed by atoms with Gasteiger partial charge in [-0.05, 0) is 57.0 Å². The molecule has 3 fully saturated rings. The SMILES string of the molecule is O=C(C1CCOCC1)N1CCC(C2CCNCC2)C1. The molecule has 3 rings (SSSR count). The van der Waals surface area contributed by atoms with E-state index < -0.39 is 0 Å². The van der Waals surface area contributed by atoms with Crippen LogP contribution in [0.2, 0.25) is 0 Å². The summed E-state index contributed by atoms with van der Waals surface area (Å²) in [5.74, 6) is 2.24. The van der Waals surface area contributed by atoms with Crippen LogP contribution in [-0.2, 0) is 9.53 Å². The number of carbonyl (C=O) groups excluding carboxylic acids is 1. The second-order valence-corrected chi connectivity index (χ2v) is 6.31. The highest BCUT2D eigenvalue weighted by Gasteiger charge is 2.35. The van der Waals surface area contributed by atoms with Crippen molar-refractivity contribution in [3.05, 3.63) is 0 Å². The predicted octanol–water partition coefficient (Wildman–Crippen LogP) is 1.26. The van der Waals surface area contributed by atoms with E-state index in [4.69, 9.17) is 4.74 Å². The van der Waals surface area contributed by atoms with Crippen LogP contribution in [0.25, 0.3) is 0 Å². The molecule has 1 unspecified atom stereocenters. The Bertz CT molecular complexity index is 309. The monoisotopic (exact) mass is 266 g/mol. The quantitative estimate of drug-likeness (QED) is 0.818. The minimum Gasteiger partial charge on any atom is -0.381 e. The summed E-state index contributed by atoms with van der Waals surface area (Å²) in [5, 5.41) is 3.43. The van der Waals surface area contributed by atoms with Crippen LogP contribution in [0.1, 0.15) is 32.1 Å². The minimum atomic E-state index is 0.237. The van der Waals surface area contributed by atoms with Gasteiger partial charge in [-0.1, -0.05) is 0 Å². The van der Waals surface area contributed by atoms with Gasteiger partial charge in [0.25, 0.3) is 0 Å². The largest absolute Gasteiger partial charge is 0.381 e. The highest BCUT2D eigenvalue weighted by molar-refractivity contribution is 5.79. The van der Waals surface area contributed by atoms with E-state index in [1.54, 1.807) is 0 Å². The van der Waals surface area contributed by atoms with Crippen molar-refractivity contribution in [1.29, 1.82) is 0 Å². The fraction of sp³-hybridized carbons (Fsp3) is 0.933. The van der Waals surface area contributed by atoms with Crippen LogP contribution in [0, 0.1) is 17.8 Å². The van der Waals surface area contributed by atoms with Crippen molar-refractivity contribution in [2.24, 2.45) is 17.8 Å². The smallest absolute Gasteiger partial charge is 0.225 e. The number of nitrogens with one attached hydrogen (secondary N) is 1. The van der Waals surface area contributed by atoms with E-state index in [1.165, 1.54) is 19.3 Å². The molecule has 3 saturated heterocycles. The van der Waals surface area contributed by atoms with Crippen molar-refractivity contribution in [3.8, 4) is 0 Å². The van der Waals surface area contributed by atoms with Gasteiger partial charge in [-0.2, -0.15) is 0 Å². The maximum atomic E-state index is 12.5. The number of amides is 1. The molecular formula is C15H26N2O2. The van der Waals surface area contributed by atoms with E-state index >= 15 is 0 Å². The molecule has 0 aromatic heterocycles. The van der Waals surface area contributed by atoms with Crippen LogP contribution in [0.4, 0.5) is 0 Å². The second kappa shape index (κ2) is 6.23. The first-order valence-corrected chi connectivity index (χ1v) is 7.92. The number of hydrogen-bond acceptors (Lipinski definition) is 3. The van der Waals surface area contributed by atoms with Crippen LogP contribution >= 0.6 is 0 Å². The van der Waals surface area contributed by atoms with Gasteiger partial charge in [0.05, 0.1) is 0 Å². The molecule has 3 aliphatic heterocycles. The highest BCUT2D eigenvalue weighted by Crippen LogP contribution is 2.31. The molecule has 0 aliphatic carbocycles. The predicted molar refractivity (Wildman–Crippen MR) is 73.8 cm³/mol. The summed E-state index contributed by atoms with van der Waals surface area (Å²) >= 11 is 0. The Labute approximate surface area is 115 Å². The maximum Gasteiger partial charge on any atom is 0.225 e. The van der Waals surface area contributed by atoms with E-state index in [0.29, 0.717) is 5.91 Å². The lowest BCUT2D eigenvalue weighted by Gasteiger charge is -2.29. The zero-order valence-corrected chi connectivity index (χ0v) is 11.8. The fourth-order valence-corrected chi connectivity index (χ4v) is 3.89. The molecule has 1 amide bonds. The van der Waals surface area contributed by atoms with Gasteiger partial charge < -0.3 is 15.0 Å². The zero-order chi connectivity index (χ0) is 13.1. The molecule has 4 nitrogen and oxygen atoms in total. The van der Waals surface area contributed by atoms with Gasteiger partial charge in [0.2, 0.25) is 5.91 Å². The maximum absolute atomic E-state index is 12.5. The Morgan fingerprint density at radius 2 is 1.74 bits per heavy atom. The molecule has 1 N–H and O–H groups in total. The van der Waals surface area contributed by atoms with E-state index in [2.05, 4.69) is 10.2 Å². The van der Waals surface area contributed by atoms with Gasteiger partial charge in [0.1, 0.15) is 0 Å². The van der Waals surface area contributed by atoms with Crippen molar-refractivity contribution in [1.82, 2.24) is 10.2 Å². The molecule has 0 aromatic rings. The Morgan fingerprint density at radius 3 is 2.47 bits per heavy atom. The molecule has 0 saturated carbocycles. The fourth-order valence-electron chi connectivity index (χ4n) is 3.89. The first-order chi connectivity index (χ1) is 9.34. The molecule has 0 radical (unpaired) electrons. The summed E-state index contributed by atoms with van der Waals surface area (Å²) in [7, 11) is 0. The third-order valence-electron chi connectivity index (χ3n) is 5.16. The lowest BCUT2D eigenvalue weighted by atomic mass is 9.84. The number of nitrogens with zero attached hydrogens (tertiary/aromatic N) is 1. The van der Waals surface area contributed by atoms with E-state index in [-0.39, 0.29) is 5.92 Å². The number of piperidine rings is 1. The average molecular weight is 266 g/mol. The second-order valence-electron chi connectivity index (χ2n) is 6.31. The van der Waals surface area contributed by atoms with Crippen molar-refractivity contribution in [3.63, 3.8) is 0 Å². The summed E-state index contributed by atoms with van der Waals surface area (Å²) in [6.45, 7) is 5.86. The topological polar surface area (TPSA) is 41.6 Å². The normalized spacial score (nSPS) is 30.7. The van der Waals surface area contributed by atoms with Crippen LogP contribution < -0.4 is 5.32 Å². The van der Waals surface area contributed by atoms with Crippen molar-refractivity contribution < 1.29 is 9.53 Å². The van der Waals surface area contributed by atoms with Gasteiger partial charge in [-0.15, -0.1) is 0 Å². The molecule has 1 atom stereocenters. The van der Waals surface area contributed by atoms with Gasteiger partial charge in [0, 0.05) is 32.2 Å². The lowest BCUT2D eigenvalue weighted by molar-refractivity contribution is -0.137. The van der Waals surface area contributed by atoms with Gasteiger partial charge in [-0.3, -0.25) is 4.79 Å². The van der Waals surface area contributed by atoms with E-state index in [0.717, 1.165) is 64.1 Å². The number of likely N-dealkylation sites (tertiary alicyclic amines) is 1. The Hall–Kier alpha value is -0.610. The van der Waals surface area contributed by atoms with E-state index in [1.807, 2.05) is 0 Å². The first-order valence-electron chi connectivity index (χ1n) is 7.92. The summed E-state index contributed by atoms with van der Waals surface area (Å²) in [5.41, 5.74) is 0. The molecule has 4 heteroatoms. The number of hydrogen-bond donors (Lipinski definition) is 1. The highest BCUT2D eigenvalue weighted by atomic mass is 16.5. The molecule has 19 heavy (non-hydrogen) atoms. The Kier molecular flexibility index (Phi) is 4.38. The molecule has 108 valence electrons. The third kappa shape index (κ3) is 3.11. The van der Waals surface area contributed by atoms with Crippen molar-refractivity contribution in [2.45, 2.75) is 32.1 Å². The standard InChI is InChI=1S/C15H26N2O2/c18-15(13-4-9-19-10-5-13)17-8-3-14(11-17)12-1-6-16-7-2-12/h12-14,16H,1-11H2. The molecule has 3 heterocycles. The summed E-state index contributed by atoms with van der Waals surface area (Å²) in [4.78, 5) is 14.6. The van der Waals surface area contributed by atoms with Crippen LogP contribution in [-0.4, -0.2) is 50.2 Å². The van der Waals surface area contributed by atoms with Crippen LogP contribution in [0.3, 0.4) is 0 Å². The summed E-state index contributed by atoms with van der Waals surface area (Å²) < 4.78 is 5.35. The lowest BCUT2D eigenvalue weighted by Crippen LogP contribution is -2.38. The zero-order valence-electron chi connectivity index (χ0n) is 11.8. The Balaban J connectivity index is 1.51. The van der Waals surface area contributed by atoms with Gasteiger partial charge >= 0.3 is 0 Å². The molecule has 0 aromatic carbocycles. The Morgan fingerprint density at radius 1 is 1.00 bits per heavy atom. The number of rotatable bonds is 2.